The minimum Gasteiger partial charge on any atom is -0.333 e. The fourth-order valence-corrected chi connectivity index (χ4v) is 6.54. The number of para-hydroxylation sites is 1. The van der Waals surface area contributed by atoms with Crippen LogP contribution in [-0.2, 0) is 10.0 Å². The highest BCUT2D eigenvalue weighted by molar-refractivity contribution is 7.89. The first-order chi connectivity index (χ1) is 19.5. The van der Waals surface area contributed by atoms with Gasteiger partial charge in [-0.1, -0.05) is 55.2 Å². The number of unbranched alkanes of at least 4 members (excludes halogenated alkanes) is 1. The number of nitrogens with one attached hydrogen (secondary N) is 4. The Hall–Kier alpha value is -2.83. The third-order valence-corrected chi connectivity index (χ3v) is 8.82. The molecule has 0 unspecified atom stereocenters. The van der Waals surface area contributed by atoms with Crippen LogP contribution in [0.3, 0.4) is 0 Å². The van der Waals surface area contributed by atoms with E-state index in [1.54, 1.807) is 17.0 Å². The Morgan fingerprint density at radius 2 is 1.73 bits per heavy atom. The minimum atomic E-state index is -3.82. The van der Waals surface area contributed by atoms with Gasteiger partial charge in [-0.25, -0.2) is 22.7 Å². The van der Waals surface area contributed by atoms with Gasteiger partial charge >= 0.3 is 12.1 Å². The zero-order valence-electron chi connectivity index (χ0n) is 22.9. The van der Waals surface area contributed by atoms with Gasteiger partial charge in [-0.2, -0.15) is 11.3 Å². The minimum absolute atomic E-state index is 0.0428. The Kier molecular flexibility index (Phi) is 12.7. The Bertz CT molecular complexity index is 1370. The standard InChI is InChI=1S/C28H35Cl2N5O4S2/c1-20(2)16-24(33-27(36)32-22-8-4-3-5-9-22)18-35(28(37)34-23-12-15-40-19-23)14-7-6-13-31-41(38,39)26-11-10-21(29)17-25(26)30/h3-5,8-12,15,17,19-20,24,31H,6-7,13-14,16,18H2,1-2H3,(H,34,37)(H2,32,33,36)/t24-/m1/s1. The van der Waals surface area contributed by atoms with Gasteiger partial charge in [0.2, 0.25) is 10.0 Å². The van der Waals surface area contributed by atoms with E-state index in [4.69, 9.17) is 23.2 Å². The van der Waals surface area contributed by atoms with Crippen LogP contribution in [0.25, 0.3) is 0 Å². The number of thiophene rings is 1. The van der Waals surface area contributed by atoms with Crippen molar-refractivity contribution in [2.75, 3.05) is 30.3 Å². The number of hydrogen-bond donors (Lipinski definition) is 4. The lowest BCUT2D eigenvalue weighted by molar-refractivity contribution is 0.198. The molecule has 0 saturated carbocycles. The molecule has 41 heavy (non-hydrogen) atoms. The molecule has 0 fully saturated rings. The van der Waals surface area contributed by atoms with E-state index in [0.717, 1.165) is 0 Å². The number of carbonyl (C=O) groups excluding carboxylic acids is 2. The lowest BCUT2D eigenvalue weighted by Crippen LogP contribution is -2.49. The van der Waals surface area contributed by atoms with E-state index in [2.05, 4.69) is 34.5 Å². The highest BCUT2D eigenvalue weighted by Gasteiger charge is 2.22. The van der Waals surface area contributed by atoms with Gasteiger partial charge in [-0.3, -0.25) is 0 Å². The second kappa shape index (κ2) is 16.0. The summed E-state index contributed by atoms with van der Waals surface area (Å²) in [5.41, 5.74) is 1.36. The summed E-state index contributed by atoms with van der Waals surface area (Å²) in [5.74, 6) is 0.271. The normalized spacial score (nSPS) is 12.1. The van der Waals surface area contributed by atoms with Crippen LogP contribution in [0.1, 0.15) is 33.1 Å². The van der Waals surface area contributed by atoms with Crippen LogP contribution in [-0.4, -0.2) is 51.1 Å². The summed E-state index contributed by atoms with van der Waals surface area (Å²) in [5, 5.41) is 12.8. The molecule has 4 N–H and O–H groups in total. The van der Waals surface area contributed by atoms with Crippen molar-refractivity contribution in [2.24, 2.45) is 5.92 Å². The summed E-state index contributed by atoms with van der Waals surface area (Å²) in [4.78, 5) is 27.6. The van der Waals surface area contributed by atoms with Crippen LogP contribution in [0.4, 0.5) is 21.0 Å². The number of urea groups is 2. The molecule has 13 heteroatoms. The Morgan fingerprint density at radius 1 is 0.976 bits per heavy atom. The maximum atomic E-state index is 13.2. The molecule has 3 aromatic rings. The van der Waals surface area contributed by atoms with Gasteiger partial charge in [0.25, 0.3) is 0 Å². The number of hydrogen-bond acceptors (Lipinski definition) is 5. The summed E-state index contributed by atoms with van der Waals surface area (Å²) in [7, 11) is -3.82. The van der Waals surface area contributed by atoms with E-state index in [9.17, 15) is 18.0 Å². The van der Waals surface area contributed by atoms with Crippen LogP contribution >= 0.6 is 34.5 Å². The van der Waals surface area contributed by atoms with Crippen molar-refractivity contribution < 1.29 is 18.0 Å². The van der Waals surface area contributed by atoms with Gasteiger partial charge in [-0.05, 0) is 67.0 Å². The van der Waals surface area contributed by atoms with E-state index in [1.165, 1.54) is 29.5 Å². The average Bonchev–Trinajstić information content (AvgIpc) is 3.40. The van der Waals surface area contributed by atoms with Gasteiger partial charge in [0.15, 0.2) is 0 Å². The first kappa shape index (κ1) is 32.7. The maximum Gasteiger partial charge on any atom is 0.321 e. The molecule has 1 atom stereocenters. The van der Waals surface area contributed by atoms with Crippen LogP contribution in [0.15, 0.2) is 70.3 Å². The molecule has 0 bridgehead atoms. The van der Waals surface area contributed by atoms with Crippen LogP contribution in [0.5, 0.6) is 0 Å². The van der Waals surface area contributed by atoms with Gasteiger partial charge in [0, 0.05) is 41.8 Å². The van der Waals surface area contributed by atoms with E-state index >= 15 is 0 Å². The van der Waals surface area contributed by atoms with Crippen molar-refractivity contribution in [3.05, 3.63) is 75.4 Å². The number of halogens is 2. The SMILES string of the molecule is CC(C)C[C@H](CN(CCCCNS(=O)(=O)c1ccc(Cl)cc1Cl)C(=O)Nc1ccsc1)NC(=O)Nc1ccccc1. The number of nitrogens with zero attached hydrogens (tertiary/aromatic N) is 1. The summed E-state index contributed by atoms with van der Waals surface area (Å²) >= 11 is 13.4. The number of amides is 4. The summed E-state index contributed by atoms with van der Waals surface area (Å²) in [6, 6.07) is 14.2. The Labute approximate surface area is 255 Å². The highest BCUT2D eigenvalue weighted by Crippen LogP contribution is 2.24. The number of carbonyl (C=O) groups is 2. The summed E-state index contributed by atoms with van der Waals surface area (Å²) in [6.45, 7) is 4.91. The highest BCUT2D eigenvalue weighted by atomic mass is 35.5. The number of rotatable bonds is 14. The van der Waals surface area contributed by atoms with Crippen molar-refractivity contribution in [2.45, 2.75) is 44.0 Å². The van der Waals surface area contributed by atoms with Crippen molar-refractivity contribution >= 4 is 68.0 Å². The molecular formula is C28H35Cl2N5O4S2. The largest absolute Gasteiger partial charge is 0.333 e. The van der Waals surface area contributed by atoms with Crippen LogP contribution in [0.2, 0.25) is 10.0 Å². The molecular weight excluding hydrogens is 605 g/mol. The monoisotopic (exact) mass is 639 g/mol. The molecule has 4 amide bonds. The molecule has 2 aromatic carbocycles. The predicted octanol–water partition coefficient (Wildman–Crippen LogP) is 6.88. The van der Waals surface area contributed by atoms with Gasteiger partial charge in [0.05, 0.1) is 10.7 Å². The van der Waals surface area contributed by atoms with Gasteiger partial charge in [0.1, 0.15) is 4.90 Å². The van der Waals surface area contributed by atoms with Crippen molar-refractivity contribution in [3.8, 4) is 0 Å². The van der Waals surface area contributed by atoms with Crippen molar-refractivity contribution in [1.82, 2.24) is 14.9 Å². The first-order valence-electron chi connectivity index (χ1n) is 13.2. The predicted molar refractivity (Wildman–Crippen MR) is 168 cm³/mol. The zero-order valence-corrected chi connectivity index (χ0v) is 26.0. The van der Waals surface area contributed by atoms with Crippen LogP contribution in [0, 0.1) is 5.92 Å². The molecule has 222 valence electrons. The number of anilines is 2. The molecule has 1 heterocycles. The Morgan fingerprint density at radius 3 is 2.39 bits per heavy atom. The van der Waals surface area contributed by atoms with E-state index in [0.29, 0.717) is 42.2 Å². The second-order valence-corrected chi connectivity index (χ2v) is 13.2. The molecule has 9 nitrogen and oxygen atoms in total. The Balaban J connectivity index is 1.61. The molecule has 0 radical (unpaired) electrons. The third kappa shape index (κ3) is 11.2. The fourth-order valence-electron chi connectivity index (χ4n) is 4.11. The van der Waals surface area contributed by atoms with Gasteiger partial charge < -0.3 is 20.9 Å². The number of sulfonamides is 1. The molecule has 3 rings (SSSR count). The molecule has 0 saturated heterocycles. The first-order valence-corrected chi connectivity index (χ1v) is 16.4. The summed E-state index contributed by atoms with van der Waals surface area (Å²) < 4.78 is 27.9. The summed E-state index contributed by atoms with van der Waals surface area (Å²) in [6.07, 6.45) is 1.66. The van der Waals surface area contributed by atoms with Crippen molar-refractivity contribution in [3.63, 3.8) is 0 Å². The van der Waals surface area contributed by atoms with E-state index in [-0.39, 0.29) is 47.0 Å². The average molecular weight is 641 g/mol. The zero-order chi connectivity index (χ0) is 29.8. The fraction of sp³-hybridized carbons (Fsp3) is 0.357. The smallest absolute Gasteiger partial charge is 0.321 e. The van der Waals surface area contributed by atoms with Gasteiger partial charge in [-0.15, -0.1) is 0 Å². The quantitative estimate of drug-likeness (QED) is 0.144. The van der Waals surface area contributed by atoms with E-state index < -0.39 is 10.0 Å². The lowest BCUT2D eigenvalue weighted by atomic mass is 10.0. The van der Waals surface area contributed by atoms with Crippen LogP contribution < -0.4 is 20.7 Å². The lowest BCUT2D eigenvalue weighted by Gasteiger charge is -2.29. The topological polar surface area (TPSA) is 120 Å². The second-order valence-electron chi connectivity index (χ2n) is 9.86. The maximum absolute atomic E-state index is 13.2. The molecule has 0 aliphatic carbocycles. The molecule has 0 spiro atoms. The molecule has 1 aromatic heterocycles. The number of benzene rings is 2. The third-order valence-electron chi connectivity index (χ3n) is 5.95. The molecule has 0 aliphatic rings. The molecule has 0 aliphatic heterocycles. The van der Waals surface area contributed by atoms with Crippen molar-refractivity contribution in [1.29, 1.82) is 0 Å². The van der Waals surface area contributed by atoms with E-state index in [1.807, 2.05) is 35.0 Å².